The molecule has 0 atom stereocenters. The fourth-order valence-corrected chi connectivity index (χ4v) is 4.87. The molecule has 4 aromatic heterocycles. The largest absolute Gasteiger partial charge is 0.395 e. The van der Waals surface area contributed by atoms with Gasteiger partial charge in [0.05, 0.1) is 16.5 Å². The minimum Gasteiger partial charge on any atom is -0.395 e. The molecule has 0 aliphatic rings. The molecule has 140 valence electrons. The van der Waals surface area contributed by atoms with Gasteiger partial charge in [-0.25, -0.2) is 9.38 Å². The molecule has 4 heterocycles. The number of rotatable bonds is 5. The van der Waals surface area contributed by atoms with Gasteiger partial charge in [-0.05, 0) is 28.8 Å². The van der Waals surface area contributed by atoms with Crippen LogP contribution in [-0.4, -0.2) is 35.6 Å². The average Bonchev–Trinajstić information content (AvgIpc) is 3.44. The van der Waals surface area contributed by atoms with Crippen LogP contribution in [0.5, 0.6) is 0 Å². The number of hydrogen-bond donors (Lipinski definition) is 2. The van der Waals surface area contributed by atoms with Crippen LogP contribution in [0.4, 0.5) is 0 Å². The molecule has 0 aliphatic heterocycles. The topological polar surface area (TPSA) is 88.2 Å². The van der Waals surface area contributed by atoms with Gasteiger partial charge in [-0.3, -0.25) is 4.79 Å². The Morgan fingerprint density at radius 2 is 2.00 bits per heavy atom. The Morgan fingerprint density at radius 1 is 1.14 bits per heavy atom. The SMILES string of the molecule is O=c1c2nc(Sc3cccs3)n(CCO)c2nc2[nH]c(-c3ccccc3)cn12. The molecular formula is C19H15N5O2S2. The summed E-state index contributed by atoms with van der Waals surface area (Å²) >= 11 is 3.07. The van der Waals surface area contributed by atoms with Crippen LogP contribution in [0.3, 0.4) is 0 Å². The van der Waals surface area contributed by atoms with Crippen LogP contribution >= 0.6 is 23.1 Å². The van der Waals surface area contributed by atoms with E-state index in [9.17, 15) is 9.90 Å². The van der Waals surface area contributed by atoms with Crippen molar-refractivity contribution in [3.05, 3.63) is 64.4 Å². The number of aliphatic hydroxyl groups is 1. The molecule has 0 fully saturated rings. The van der Waals surface area contributed by atoms with E-state index in [1.807, 2.05) is 47.8 Å². The molecule has 0 saturated heterocycles. The Balaban J connectivity index is 1.70. The number of fused-ring (bicyclic) bond motifs is 2. The monoisotopic (exact) mass is 409 g/mol. The highest BCUT2D eigenvalue weighted by atomic mass is 32.2. The van der Waals surface area contributed by atoms with Crippen LogP contribution in [-0.2, 0) is 6.54 Å². The number of hydrogen-bond acceptors (Lipinski definition) is 6. The molecule has 1 aromatic carbocycles. The van der Waals surface area contributed by atoms with Crippen molar-refractivity contribution >= 4 is 40.0 Å². The van der Waals surface area contributed by atoms with Crippen LogP contribution in [0.15, 0.2) is 68.2 Å². The van der Waals surface area contributed by atoms with Gasteiger partial charge >= 0.3 is 0 Å². The van der Waals surface area contributed by atoms with Crippen molar-refractivity contribution in [2.24, 2.45) is 0 Å². The summed E-state index contributed by atoms with van der Waals surface area (Å²) in [5.41, 5.74) is 2.31. The molecule has 0 radical (unpaired) electrons. The number of imidazole rings is 2. The Morgan fingerprint density at radius 3 is 2.75 bits per heavy atom. The Kier molecular flexibility index (Phi) is 4.27. The molecule has 0 amide bonds. The maximum atomic E-state index is 13.1. The second-order valence-electron chi connectivity index (χ2n) is 6.12. The fraction of sp³-hybridized carbons (Fsp3) is 0.105. The number of aromatic amines is 1. The minimum atomic E-state index is -0.233. The van der Waals surface area contributed by atoms with E-state index in [1.165, 1.54) is 16.2 Å². The van der Waals surface area contributed by atoms with Crippen molar-refractivity contribution in [2.75, 3.05) is 6.61 Å². The van der Waals surface area contributed by atoms with Gasteiger partial charge in [0.1, 0.15) is 0 Å². The molecule has 2 N–H and O–H groups in total. The summed E-state index contributed by atoms with van der Waals surface area (Å²) < 4.78 is 4.34. The molecule has 0 aliphatic carbocycles. The van der Waals surface area contributed by atoms with Gasteiger partial charge in [-0.2, -0.15) is 4.98 Å². The first kappa shape index (κ1) is 17.2. The summed E-state index contributed by atoms with van der Waals surface area (Å²) in [5, 5.41) is 12.1. The van der Waals surface area contributed by atoms with Crippen LogP contribution in [0.25, 0.3) is 28.2 Å². The van der Waals surface area contributed by atoms with Crippen molar-refractivity contribution in [3.63, 3.8) is 0 Å². The van der Waals surface area contributed by atoms with Gasteiger partial charge < -0.3 is 14.7 Å². The quantitative estimate of drug-likeness (QED) is 0.465. The maximum Gasteiger partial charge on any atom is 0.287 e. The second-order valence-corrected chi connectivity index (χ2v) is 8.34. The zero-order chi connectivity index (χ0) is 19.1. The molecular weight excluding hydrogens is 394 g/mol. The second kappa shape index (κ2) is 6.93. The molecule has 0 unspecified atom stereocenters. The van der Waals surface area contributed by atoms with Crippen molar-refractivity contribution in [1.29, 1.82) is 0 Å². The highest BCUT2D eigenvalue weighted by molar-refractivity contribution is 8.01. The zero-order valence-corrected chi connectivity index (χ0v) is 16.2. The minimum absolute atomic E-state index is 0.0650. The molecule has 7 nitrogen and oxygen atoms in total. The molecule has 5 rings (SSSR count). The third kappa shape index (κ3) is 2.84. The van der Waals surface area contributed by atoms with E-state index in [0.717, 1.165) is 15.5 Å². The molecule has 0 saturated carbocycles. The summed E-state index contributed by atoms with van der Waals surface area (Å²) in [5.74, 6) is 0.447. The van der Waals surface area contributed by atoms with Gasteiger partial charge in [0.15, 0.2) is 16.3 Å². The average molecular weight is 409 g/mol. The summed E-state index contributed by atoms with van der Waals surface area (Å²) in [6.07, 6.45) is 1.75. The highest BCUT2D eigenvalue weighted by Gasteiger charge is 2.19. The van der Waals surface area contributed by atoms with E-state index in [2.05, 4.69) is 15.0 Å². The molecule has 5 aromatic rings. The number of thiophene rings is 1. The summed E-state index contributed by atoms with van der Waals surface area (Å²) in [4.78, 5) is 25.5. The molecule has 9 heteroatoms. The lowest BCUT2D eigenvalue weighted by atomic mass is 10.2. The van der Waals surface area contributed by atoms with E-state index in [-0.39, 0.29) is 12.2 Å². The molecule has 28 heavy (non-hydrogen) atoms. The van der Waals surface area contributed by atoms with Gasteiger partial charge in [-0.1, -0.05) is 36.4 Å². The molecule has 0 bridgehead atoms. The van der Waals surface area contributed by atoms with E-state index in [4.69, 9.17) is 0 Å². The predicted octanol–water partition coefficient (Wildman–Crippen LogP) is 3.24. The lowest BCUT2D eigenvalue weighted by Crippen LogP contribution is -2.14. The summed E-state index contributed by atoms with van der Waals surface area (Å²) in [7, 11) is 0. The predicted molar refractivity (Wildman–Crippen MR) is 110 cm³/mol. The smallest absolute Gasteiger partial charge is 0.287 e. The third-order valence-electron chi connectivity index (χ3n) is 4.37. The number of nitrogens with zero attached hydrogens (tertiary/aromatic N) is 4. The first-order valence-corrected chi connectivity index (χ1v) is 10.3. The number of benzene rings is 1. The first-order valence-electron chi connectivity index (χ1n) is 8.64. The van der Waals surface area contributed by atoms with Crippen LogP contribution in [0, 0.1) is 0 Å². The van der Waals surface area contributed by atoms with Crippen LogP contribution in [0.1, 0.15) is 0 Å². The van der Waals surface area contributed by atoms with Crippen molar-refractivity contribution in [3.8, 4) is 11.3 Å². The lowest BCUT2D eigenvalue weighted by Gasteiger charge is -2.04. The van der Waals surface area contributed by atoms with Gasteiger partial charge in [0.2, 0.25) is 5.78 Å². The number of nitrogens with one attached hydrogen (secondary N) is 1. The Bertz CT molecular complexity index is 1320. The van der Waals surface area contributed by atoms with Crippen LogP contribution in [0.2, 0.25) is 0 Å². The van der Waals surface area contributed by atoms with Crippen LogP contribution < -0.4 is 5.56 Å². The van der Waals surface area contributed by atoms with Gasteiger partial charge in [0.25, 0.3) is 5.56 Å². The lowest BCUT2D eigenvalue weighted by molar-refractivity contribution is 0.273. The van der Waals surface area contributed by atoms with E-state index >= 15 is 0 Å². The van der Waals surface area contributed by atoms with Crippen molar-refractivity contribution in [1.82, 2.24) is 23.9 Å². The van der Waals surface area contributed by atoms with E-state index in [0.29, 0.717) is 28.6 Å². The standard InChI is InChI=1S/C19H15N5O2S2/c25-9-8-23-16-15(21-19(23)28-14-7-4-10-27-14)17(26)24-11-13(20-18(24)22-16)12-5-2-1-3-6-12/h1-7,10-11,25H,8-9H2,(H,20,22). The van der Waals surface area contributed by atoms with Gasteiger partial charge in [-0.15, -0.1) is 11.3 Å². The fourth-order valence-electron chi connectivity index (χ4n) is 3.09. The van der Waals surface area contributed by atoms with E-state index in [1.54, 1.807) is 22.1 Å². The van der Waals surface area contributed by atoms with E-state index < -0.39 is 0 Å². The number of aromatic nitrogens is 5. The Hall–Kier alpha value is -2.88. The van der Waals surface area contributed by atoms with Gasteiger partial charge in [0, 0.05) is 12.7 Å². The highest BCUT2D eigenvalue weighted by Crippen LogP contribution is 2.32. The third-order valence-corrected chi connectivity index (χ3v) is 6.40. The normalized spacial score (nSPS) is 11.6. The first-order chi connectivity index (χ1) is 13.7. The number of H-pyrrole nitrogens is 1. The van der Waals surface area contributed by atoms with Crippen molar-refractivity contribution in [2.45, 2.75) is 15.9 Å². The number of aliphatic hydroxyl groups excluding tert-OH is 1. The van der Waals surface area contributed by atoms with Crippen molar-refractivity contribution < 1.29 is 5.11 Å². The maximum absolute atomic E-state index is 13.1. The Labute approximate surface area is 167 Å². The molecule has 0 spiro atoms. The summed E-state index contributed by atoms with van der Waals surface area (Å²) in [6, 6.07) is 13.7. The summed E-state index contributed by atoms with van der Waals surface area (Å²) in [6.45, 7) is 0.254. The zero-order valence-electron chi connectivity index (χ0n) is 14.6.